The molecule has 1 aliphatic carbocycles. The van der Waals surface area contributed by atoms with Gasteiger partial charge in [0, 0.05) is 42.4 Å². The predicted molar refractivity (Wildman–Crippen MR) is 144 cm³/mol. The highest BCUT2D eigenvalue weighted by Crippen LogP contribution is 2.49. The largest absolute Gasteiger partial charge is 0.342 e. The molecule has 0 radical (unpaired) electrons. The first-order chi connectivity index (χ1) is 18.5. The molecule has 208 valence electrons. The first-order valence-electron chi connectivity index (χ1n) is 13.3. The summed E-state index contributed by atoms with van der Waals surface area (Å²) in [6.45, 7) is 4.97. The zero-order valence-corrected chi connectivity index (χ0v) is 23.4. The normalized spacial score (nSPS) is 24.1. The number of hydrogen-bond acceptors (Lipinski definition) is 4. The molecule has 6 nitrogen and oxygen atoms in total. The number of aryl methyl sites for hydroxylation is 1. The van der Waals surface area contributed by atoms with Crippen molar-refractivity contribution in [2.45, 2.75) is 56.9 Å². The Morgan fingerprint density at radius 1 is 1.05 bits per heavy atom. The Balaban J connectivity index is 1.35. The second-order valence-electron chi connectivity index (χ2n) is 11.3. The summed E-state index contributed by atoms with van der Waals surface area (Å²) in [5.41, 5.74) is 0.750. The summed E-state index contributed by atoms with van der Waals surface area (Å²) < 4.78 is 44.0. The van der Waals surface area contributed by atoms with Crippen LogP contribution in [0.2, 0.25) is 5.02 Å². The smallest absolute Gasteiger partial charge is 0.226 e. The zero-order valence-electron chi connectivity index (χ0n) is 22.6. The first-order valence-corrected chi connectivity index (χ1v) is 13.6. The van der Waals surface area contributed by atoms with Crippen LogP contribution in [-0.4, -0.2) is 63.2 Å². The lowest BCUT2D eigenvalue weighted by Gasteiger charge is -2.35. The van der Waals surface area contributed by atoms with Crippen LogP contribution in [0.15, 0.2) is 36.4 Å². The summed E-state index contributed by atoms with van der Waals surface area (Å²) in [7, 11) is 3.95. The third-order valence-corrected chi connectivity index (χ3v) is 8.91. The number of halogens is 4. The van der Waals surface area contributed by atoms with E-state index in [2.05, 4.69) is 21.9 Å². The molecule has 2 aromatic carbocycles. The standard InChI is InChI=1S/C29H33ClF3N5O/c1-17-34-27(38(35-17)20-6-8-25(32)24(30)14-20)18-9-11-37(12-10-18)28(39)23-16-29(2,36(3)4)15-22(23)21-7-5-19(31)13-26(21)33/h5-8,13-14,18,22-23H,9-12,15-16H2,1-4H3/t22-,23+,29-/m0/s1. The van der Waals surface area contributed by atoms with Crippen molar-refractivity contribution in [1.29, 1.82) is 0 Å². The number of rotatable bonds is 5. The van der Waals surface area contributed by atoms with Gasteiger partial charge in [-0.2, -0.15) is 5.10 Å². The molecule has 2 heterocycles. The third-order valence-electron chi connectivity index (χ3n) is 8.62. The van der Waals surface area contributed by atoms with Crippen molar-refractivity contribution in [3.05, 3.63) is 76.1 Å². The minimum absolute atomic E-state index is 0.00992. The van der Waals surface area contributed by atoms with Crippen LogP contribution in [0.3, 0.4) is 0 Å². The Hall–Kier alpha value is -2.91. The summed E-state index contributed by atoms with van der Waals surface area (Å²) >= 11 is 6.01. The van der Waals surface area contributed by atoms with E-state index in [-0.39, 0.29) is 28.3 Å². The molecule has 3 atom stereocenters. The van der Waals surface area contributed by atoms with Gasteiger partial charge in [-0.25, -0.2) is 22.8 Å². The van der Waals surface area contributed by atoms with E-state index in [1.165, 1.54) is 24.3 Å². The van der Waals surface area contributed by atoms with E-state index in [1.54, 1.807) is 17.7 Å². The highest BCUT2D eigenvalue weighted by atomic mass is 35.5. The molecule has 0 unspecified atom stereocenters. The van der Waals surface area contributed by atoms with Gasteiger partial charge in [-0.15, -0.1) is 0 Å². The third kappa shape index (κ3) is 5.31. The molecular weight excluding hydrogens is 527 g/mol. The zero-order chi connectivity index (χ0) is 28.1. The van der Waals surface area contributed by atoms with Crippen molar-refractivity contribution in [2.24, 2.45) is 5.92 Å². The van der Waals surface area contributed by atoms with Crippen LogP contribution < -0.4 is 0 Å². The fourth-order valence-electron chi connectivity index (χ4n) is 6.16. The van der Waals surface area contributed by atoms with Crippen LogP contribution in [0.4, 0.5) is 13.2 Å². The van der Waals surface area contributed by atoms with Crippen LogP contribution in [0.1, 0.15) is 61.7 Å². The molecule has 1 saturated heterocycles. The monoisotopic (exact) mass is 559 g/mol. The van der Waals surface area contributed by atoms with E-state index in [0.29, 0.717) is 55.8 Å². The maximum Gasteiger partial charge on any atom is 0.226 e. The summed E-state index contributed by atoms with van der Waals surface area (Å²) in [5, 5.41) is 4.53. The highest BCUT2D eigenvalue weighted by Gasteiger charge is 2.49. The van der Waals surface area contributed by atoms with E-state index >= 15 is 0 Å². The van der Waals surface area contributed by atoms with Crippen LogP contribution in [-0.2, 0) is 4.79 Å². The van der Waals surface area contributed by atoms with Gasteiger partial charge in [0.15, 0.2) is 0 Å². The molecule has 1 saturated carbocycles. The van der Waals surface area contributed by atoms with Crippen molar-refractivity contribution in [1.82, 2.24) is 24.6 Å². The fourth-order valence-corrected chi connectivity index (χ4v) is 6.34. The van der Waals surface area contributed by atoms with Gasteiger partial charge < -0.3 is 9.80 Å². The minimum atomic E-state index is -0.624. The van der Waals surface area contributed by atoms with E-state index < -0.39 is 23.4 Å². The van der Waals surface area contributed by atoms with Gasteiger partial charge in [-0.3, -0.25) is 4.79 Å². The number of aromatic nitrogens is 3. The quantitative estimate of drug-likeness (QED) is 0.392. The summed E-state index contributed by atoms with van der Waals surface area (Å²) in [6, 6.07) is 8.12. The topological polar surface area (TPSA) is 54.3 Å². The van der Waals surface area contributed by atoms with Crippen LogP contribution in [0.5, 0.6) is 0 Å². The molecule has 3 aromatic rings. The summed E-state index contributed by atoms with van der Waals surface area (Å²) in [5.74, 6) is -1.04. The number of likely N-dealkylation sites (tertiary alicyclic amines) is 1. The predicted octanol–water partition coefficient (Wildman–Crippen LogP) is 5.87. The maximum atomic E-state index is 14.9. The molecule has 0 bridgehead atoms. The van der Waals surface area contributed by atoms with E-state index in [9.17, 15) is 18.0 Å². The Bertz CT molecular complexity index is 1390. The SMILES string of the molecule is Cc1nc(C2CCN(C(=O)[C@@H]3C[C@@](C)(N(C)C)C[C@H]3c3ccc(F)cc3F)CC2)n(-c2ccc(F)c(Cl)c2)n1. The van der Waals surface area contributed by atoms with Crippen LogP contribution in [0.25, 0.3) is 5.69 Å². The van der Waals surface area contributed by atoms with Crippen molar-refractivity contribution in [2.75, 3.05) is 27.2 Å². The summed E-state index contributed by atoms with van der Waals surface area (Å²) in [4.78, 5) is 22.5. The Morgan fingerprint density at radius 3 is 2.41 bits per heavy atom. The van der Waals surface area contributed by atoms with Gasteiger partial charge in [-0.05, 0) is 83.5 Å². The second-order valence-corrected chi connectivity index (χ2v) is 11.7. The molecule has 1 aromatic heterocycles. The van der Waals surface area contributed by atoms with Crippen molar-refractivity contribution < 1.29 is 18.0 Å². The minimum Gasteiger partial charge on any atom is -0.342 e. The van der Waals surface area contributed by atoms with E-state index in [0.717, 1.165) is 11.9 Å². The summed E-state index contributed by atoms with van der Waals surface area (Å²) in [6.07, 6.45) is 2.58. The van der Waals surface area contributed by atoms with Gasteiger partial charge in [-0.1, -0.05) is 17.7 Å². The molecule has 2 aliphatic rings. The van der Waals surface area contributed by atoms with E-state index in [1.807, 2.05) is 19.0 Å². The second kappa shape index (κ2) is 10.6. The van der Waals surface area contributed by atoms with Crippen molar-refractivity contribution in [3.63, 3.8) is 0 Å². The molecule has 1 amide bonds. The molecule has 5 rings (SSSR count). The average molecular weight is 560 g/mol. The number of carbonyl (C=O) groups excluding carboxylic acids is 1. The Kier molecular flexibility index (Phi) is 7.50. The first kappa shape index (κ1) is 27.6. The number of piperidine rings is 1. The van der Waals surface area contributed by atoms with E-state index in [4.69, 9.17) is 11.6 Å². The maximum absolute atomic E-state index is 14.9. The number of nitrogens with zero attached hydrogens (tertiary/aromatic N) is 5. The molecule has 10 heteroatoms. The molecule has 39 heavy (non-hydrogen) atoms. The van der Waals surface area contributed by atoms with Gasteiger partial charge >= 0.3 is 0 Å². The number of carbonyl (C=O) groups is 1. The molecule has 2 fully saturated rings. The molecular formula is C29H33ClF3N5O. The Labute approximate surface area is 231 Å². The van der Waals surface area contributed by atoms with Gasteiger partial charge in [0.2, 0.25) is 5.91 Å². The van der Waals surface area contributed by atoms with Gasteiger partial charge in [0.25, 0.3) is 0 Å². The van der Waals surface area contributed by atoms with Crippen LogP contribution >= 0.6 is 11.6 Å². The number of amides is 1. The lowest BCUT2D eigenvalue weighted by Crippen LogP contribution is -2.43. The molecule has 1 aliphatic heterocycles. The fraction of sp³-hybridized carbons (Fsp3) is 0.483. The van der Waals surface area contributed by atoms with Crippen LogP contribution in [0, 0.1) is 30.3 Å². The number of hydrogen-bond donors (Lipinski definition) is 0. The lowest BCUT2D eigenvalue weighted by atomic mass is 9.86. The lowest BCUT2D eigenvalue weighted by molar-refractivity contribution is -0.137. The average Bonchev–Trinajstić information content (AvgIpc) is 3.46. The molecule has 0 spiro atoms. The van der Waals surface area contributed by atoms with Gasteiger partial charge in [0.1, 0.15) is 29.1 Å². The highest BCUT2D eigenvalue weighted by molar-refractivity contribution is 6.30. The Morgan fingerprint density at radius 2 is 1.77 bits per heavy atom. The molecule has 0 N–H and O–H groups in total. The van der Waals surface area contributed by atoms with Crippen molar-refractivity contribution in [3.8, 4) is 5.69 Å². The van der Waals surface area contributed by atoms with Crippen molar-refractivity contribution >= 4 is 17.5 Å². The van der Waals surface area contributed by atoms with Gasteiger partial charge in [0.05, 0.1) is 10.7 Å². The number of benzene rings is 2.